The van der Waals surface area contributed by atoms with E-state index in [1.165, 1.54) is 5.56 Å². The number of carbonyl (C=O) groups is 2. The molecule has 0 spiro atoms. The predicted molar refractivity (Wildman–Crippen MR) is 118 cm³/mol. The Balaban J connectivity index is 1.33. The van der Waals surface area contributed by atoms with Crippen molar-refractivity contribution in [3.63, 3.8) is 0 Å². The number of para-hydroxylation sites is 1. The lowest BCUT2D eigenvalue weighted by Crippen LogP contribution is -2.34. The normalized spacial score (nSPS) is 14.9. The van der Waals surface area contributed by atoms with Crippen molar-refractivity contribution in [2.24, 2.45) is 0 Å². The van der Waals surface area contributed by atoms with Crippen molar-refractivity contribution >= 4 is 11.9 Å². The van der Waals surface area contributed by atoms with Crippen molar-refractivity contribution in [3.8, 4) is 5.75 Å². The standard InChI is InChI=1S/C26H25NO4/c28-25(27-24-16-8-11-19-9-4-6-14-22(19)24)18-31-26(29)23-15-7-5-10-20(23)17-30-21-12-2-1-3-13-21/h1-7,9-10,12-15,24H,8,11,16-18H2,(H,27,28)/t24-/m1/s1. The van der Waals surface area contributed by atoms with Gasteiger partial charge in [0.05, 0.1) is 11.6 Å². The lowest BCUT2D eigenvalue weighted by atomic mass is 9.88. The molecule has 3 aromatic rings. The quantitative estimate of drug-likeness (QED) is 0.572. The Labute approximate surface area is 182 Å². The first kappa shape index (κ1) is 20.7. The molecule has 1 amide bonds. The van der Waals surface area contributed by atoms with Gasteiger partial charge in [0.15, 0.2) is 6.61 Å². The van der Waals surface area contributed by atoms with Crippen molar-refractivity contribution in [1.82, 2.24) is 5.32 Å². The van der Waals surface area contributed by atoms with E-state index in [1.807, 2.05) is 54.6 Å². The Morgan fingerprint density at radius 2 is 1.65 bits per heavy atom. The maximum Gasteiger partial charge on any atom is 0.339 e. The molecule has 0 aromatic heterocycles. The monoisotopic (exact) mass is 415 g/mol. The largest absolute Gasteiger partial charge is 0.489 e. The zero-order valence-corrected chi connectivity index (χ0v) is 17.3. The van der Waals surface area contributed by atoms with Crippen LogP contribution in [-0.2, 0) is 22.6 Å². The fourth-order valence-corrected chi connectivity index (χ4v) is 3.87. The third-order valence-corrected chi connectivity index (χ3v) is 5.41. The molecule has 3 aromatic carbocycles. The van der Waals surface area contributed by atoms with Crippen LogP contribution in [0.3, 0.4) is 0 Å². The fraction of sp³-hybridized carbons (Fsp3) is 0.231. The lowest BCUT2D eigenvalue weighted by Gasteiger charge is -2.26. The summed E-state index contributed by atoms with van der Waals surface area (Å²) in [7, 11) is 0. The lowest BCUT2D eigenvalue weighted by molar-refractivity contribution is -0.125. The van der Waals surface area contributed by atoms with Crippen LogP contribution in [0.1, 0.15) is 45.9 Å². The van der Waals surface area contributed by atoms with Gasteiger partial charge in [0, 0.05) is 5.56 Å². The van der Waals surface area contributed by atoms with E-state index in [4.69, 9.17) is 9.47 Å². The van der Waals surface area contributed by atoms with Crippen LogP contribution in [-0.4, -0.2) is 18.5 Å². The molecule has 5 heteroatoms. The molecule has 0 bridgehead atoms. The minimum absolute atomic E-state index is 0.0392. The molecule has 1 N–H and O–H groups in total. The Morgan fingerprint density at radius 1 is 0.903 bits per heavy atom. The Morgan fingerprint density at radius 3 is 2.52 bits per heavy atom. The van der Waals surface area contributed by atoms with E-state index >= 15 is 0 Å². The number of fused-ring (bicyclic) bond motifs is 1. The molecular formula is C26H25NO4. The zero-order chi connectivity index (χ0) is 21.5. The number of hydrogen-bond donors (Lipinski definition) is 1. The topological polar surface area (TPSA) is 64.6 Å². The van der Waals surface area contributed by atoms with Gasteiger partial charge >= 0.3 is 5.97 Å². The molecule has 31 heavy (non-hydrogen) atoms. The number of rotatable bonds is 7. The van der Waals surface area contributed by atoms with E-state index in [0.717, 1.165) is 30.6 Å². The first-order chi connectivity index (χ1) is 15.2. The summed E-state index contributed by atoms with van der Waals surface area (Å²) >= 11 is 0. The van der Waals surface area contributed by atoms with Gasteiger partial charge in [-0.05, 0) is 48.6 Å². The Bertz CT molecular complexity index is 1050. The van der Waals surface area contributed by atoms with Gasteiger partial charge in [-0.3, -0.25) is 4.79 Å². The van der Waals surface area contributed by atoms with Crippen LogP contribution in [0.2, 0.25) is 0 Å². The maximum atomic E-state index is 12.6. The van der Waals surface area contributed by atoms with Crippen LogP contribution in [0.5, 0.6) is 5.75 Å². The number of amides is 1. The molecule has 1 atom stereocenters. The van der Waals surface area contributed by atoms with E-state index < -0.39 is 5.97 Å². The van der Waals surface area contributed by atoms with Gasteiger partial charge < -0.3 is 14.8 Å². The van der Waals surface area contributed by atoms with E-state index in [9.17, 15) is 9.59 Å². The third kappa shape index (κ3) is 5.31. The van der Waals surface area contributed by atoms with Crippen LogP contribution >= 0.6 is 0 Å². The van der Waals surface area contributed by atoms with Crippen molar-refractivity contribution in [2.45, 2.75) is 31.9 Å². The van der Waals surface area contributed by atoms with Gasteiger partial charge in [-0.1, -0.05) is 60.7 Å². The summed E-state index contributed by atoms with van der Waals surface area (Å²) in [6, 6.07) is 24.6. The number of esters is 1. The minimum Gasteiger partial charge on any atom is -0.489 e. The summed E-state index contributed by atoms with van der Waals surface area (Å²) in [6.07, 6.45) is 2.94. The summed E-state index contributed by atoms with van der Waals surface area (Å²) in [5, 5.41) is 3.00. The summed E-state index contributed by atoms with van der Waals surface area (Å²) in [5.41, 5.74) is 3.52. The highest BCUT2D eigenvalue weighted by Crippen LogP contribution is 2.29. The predicted octanol–water partition coefficient (Wildman–Crippen LogP) is 4.62. The number of carbonyl (C=O) groups excluding carboxylic acids is 2. The van der Waals surface area contributed by atoms with Crippen LogP contribution in [0.4, 0.5) is 0 Å². The molecule has 0 radical (unpaired) electrons. The molecule has 0 fully saturated rings. The molecule has 1 aliphatic rings. The molecule has 0 saturated carbocycles. The fourth-order valence-electron chi connectivity index (χ4n) is 3.87. The number of ether oxygens (including phenoxy) is 2. The van der Waals surface area contributed by atoms with Crippen LogP contribution < -0.4 is 10.1 Å². The summed E-state index contributed by atoms with van der Waals surface area (Å²) in [5.74, 6) is -0.114. The summed E-state index contributed by atoms with van der Waals surface area (Å²) in [6.45, 7) is -0.0777. The molecule has 0 unspecified atom stereocenters. The zero-order valence-electron chi connectivity index (χ0n) is 17.3. The molecule has 1 aliphatic carbocycles. The smallest absolute Gasteiger partial charge is 0.339 e. The van der Waals surface area contributed by atoms with Crippen LogP contribution in [0.15, 0.2) is 78.9 Å². The molecule has 0 aliphatic heterocycles. The van der Waals surface area contributed by atoms with Crippen molar-refractivity contribution in [3.05, 3.63) is 101 Å². The first-order valence-corrected chi connectivity index (χ1v) is 10.5. The van der Waals surface area contributed by atoms with Gasteiger partial charge in [0.25, 0.3) is 5.91 Å². The SMILES string of the molecule is O=C(COC(=O)c1ccccc1COc1ccccc1)N[C@@H]1CCCc2ccccc21. The van der Waals surface area contributed by atoms with Gasteiger partial charge in [0.1, 0.15) is 12.4 Å². The highest BCUT2D eigenvalue weighted by molar-refractivity contribution is 5.92. The first-order valence-electron chi connectivity index (χ1n) is 10.5. The van der Waals surface area contributed by atoms with Gasteiger partial charge in [-0.25, -0.2) is 4.79 Å². The molecular weight excluding hydrogens is 390 g/mol. The van der Waals surface area contributed by atoms with Gasteiger partial charge in [-0.2, -0.15) is 0 Å². The Hall–Kier alpha value is -3.60. The highest BCUT2D eigenvalue weighted by atomic mass is 16.5. The summed E-state index contributed by atoms with van der Waals surface area (Å²) < 4.78 is 11.1. The third-order valence-electron chi connectivity index (χ3n) is 5.41. The van der Waals surface area contributed by atoms with Crippen molar-refractivity contribution in [1.29, 1.82) is 0 Å². The second-order valence-corrected chi connectivity index (χ2v) is 7.55. The van der Waals surface area contributed by atoms with Gasteiger partial charge in [-0.15, -0.1) is 0 Å². The number of nitrogens with one attached hydrogen (secondary N) is 1. The summed E-state index contributed by atoms with van der Waals surface area (Å²) in [4.78, 5) is 25.1. The van der Waals surface area contributed by atoms with Crippen molar-refractivity contribution in [2.75, 3.05) is 6.61 Å². The van der Waals surface area contributed by atoms with E-state index in [1.54, 1.807) is 12.1 Å². The average Bonchev–Trinajstić information content (AvgIpc) is 2.82. The van der Waals surface area contributed by atoms with Crippen LogP contribution in [0, 0.1) is 0 Å². The van der Waals surface area contributed by atoms with Crippen LogP contribution in [0.25, 0.3) is 0 Å². The molecule has 4 rings (SSSR count). The van der Waals surface area contributed by atoms with Gasteiger partial charge in [0.2, 0.25) is 0 Å². The molecule has 5 nitrogen and oxygen atoms in total. The molecule has 0 saturated heterocycles. The maximum absolute atomic E-state index is 12.6. The minimum atomic E-state index is -0.536. The molecule has 0 heterocycles. The molecule has 158 valence electrons. The number of aryl methyl sites for hydroxylation is 1. The van der Waals surface area contributed by atoms with E-state index in [-0.39, 0.29) is 25.2 Å². The number of benzene rings is 3. The second kappa shape index (κ2) is 9.94. The van der Waals surface area contributed by atoms with Crippen molar-refractivity contribution < 1.29 is 19.1 Å². The average molecular weight is 415 g/mol. The second-order valence-electron chi connectivity index (χ2n) is 7.55. The van der Waals surface area contributed by atoms with E-state index in [2.05, 4.69) is 17.4 Å². The number of hydrogen-bond acceptors (Lipinski definition) is 4. The highest BCUT2D eigenvalue weighted by Gasteiger charge is 2.22. The van der Waals surface area contributed by atoms with E-state index in [0.29, 0.717) is 11.1 Å². The Kier molecular flexibility index (Phi) is 6.62.